The Morgan fingerprint density at radius 2 is 1.88 bits per heavy atom. The summed E-state index contributed by atoms with van der Waals surface area (Å²) in [6.07, 6.45) is 1.42. The summed E-state index contributed by atoms with van der Waals surface area (Å²) < 4.78 is 15.2. The molecule has 2 amide bonds. The number of rotatable bonds is 1. The van der Waals surface area contributed by atoms with Crippen molar-refractivity contribution >= 4 is 40.7 Å². The Balaban J connectivity index is 1.57. The minimum Gasteiger partial charge on any atom is -0.355 e. The lowest BCUT2D eigenvalue weighted by Crippen LogP contribution is -2.59. The summed E-state index contributed by atoms with van der Waals surface area (Å²) in [4.78, 5) is 33.2. The van der Waals surface area contributed by atoms with Gasteiger partial charge in [-0.05, 0) is 67.2 Å². The molecule has 0 aromatic heterocycles. The number of carbonyl (C=O) groups excluding carboxylic acids is 2. The second-order valence-electron chi connectivity index (χ2n) is 12.5. The lowest BCUT2D eigenvalue weighted by atomic mass is 9.61. The fourth-order valence-electron chi connectivity index (χ4n) is 7.79. The number of likely N-dealkylation sites (N-methyl/N-ethyl adjacent to an activating group) is 1. The van der Waals surface area contributed by atoms with E-state index in [1.807, 2.05) is 18.2 Å². The standard InChI is InChI=1S/C30H36Cl2FN5O2/c1-29(2)15-23-30(19-13-21(33)20(32)14-22(19)35-28(30)40)25(17-6-4-7-18(31)12-17)26(36-23)27(39)34-8-5-9-38-11-10-37(3)24(29)16-38/h4,6-7,12-14,23-26,36H,5,8-11,15-16H2,1-3H3,(H,34,39)(H,35,40)/t23-,24?,25+,26-,30+/m1/s1. The molecule has 3 saturated heterocycles. The molecular formula is C30H36Cl2FN5O2. The molecule has 2 aromatic rings. The maximum atomic E-state index is 15.2. The van der Waals surface area contributed by atoms with Crippen LogP contribution in [0.15, 0.2) is 36.4 Å². The predicted octanol–water partition coefficient (Wildman–Crippen LogP) is 4.00. The Morgan fingerprint density at radius 3 is 2.65 bits per heavy atom. The van der Waals surface area contributed by atoms with Crippen molar-refractivity contribution in [3.8, 4) is 0 Å². The van der Waals surface area contributed by atoms with E-state index < -0.39 is 29.2 Å². The minimum absolute atomic E-state index is 0.0569. The van der Waals surface area contributed by atoms with Gasteiger partial charge in [0.25, 0.3) is 0 Å². The Hall–Kier alpha value is -2.23. The number of hydrogen-bond acceptors (Lipinski definition) is 5. The largest absolute Gasteiger partial charge is 0.355 e. The van der Waals surface area contributed by atoms with Gasteiger partial charge in [-0.25, -0.2) is 4.39 Å². The predicted molar refractivity (Wildman–Crippen MR) is 156 cm³/mol. The molecular weight excluding hydrogens is 552 g/mol. The molecule has 6 atom stereocenters. The van der Waals surface area contributed by atoms with Crippen LogP contribution in [-0.4, -0.2) is 79.5 Å². The van der Waals surface area contributed by atoms with E-state index >= 15 is 4.39 Å². The van der Waals surface area contributed by atoms with Crippen LogP contribution in [0.25, 0.3) is 0 Å². The van der Waals surface area contributed by atoms with E-state index in [2.05, 4.69) is 46.6 Å². The summed E-state index contributed by atoms with van der Waals surface area (Å²) >= 11 is 12.6. The van der Waals surface area contributed by atoms with Crippen LogP contribution in [0.2, 0.25) is 10.0 Å². The van der Waals surface area contributed by atoms with Gasteiger partial charge in [-0.3, -0.25) is 9.59 Å². The first-order valence-electron chi connectivity index (χ1n) is 14.0. The first-order valence-corrected chi connectivity index (χ1v) is 14.8. The molecule has 2 unspecified atom stereocenters. The molecule has 214 valence electrons. The fourth-order valence-corrected chi connectivity index (χ4v) is 8.15. The molecule has 0 radical (unpaired) electrons. The number of fused-ring (bicyclic) bond motifs is 7. The number of piperazine rings is 1. The van der Waals surface area contributed by atoms with Gasteiger partial charge in [0.2, 0.25) is 11.8 Å². The third kappa shape index (κ3) is 4.43. The summed E-state index contributed by atoms with van der Waals surface area (Å²) in [5, 5.41) is 10.2. The number of nitrogens with one attached hydrogen (secondary N) is 3. The second-order valence-corrected chi connectivity index (χ2v) is 13.3. The molecule has 10 heteroatoms. The van der Waals surface area contributed by atoms with Crippen LogP contribution in [0.4, 0.5) is 10.1 Å². The van der Waals surface area contributed by atoms with Gasteiger partial charge in [0.05, 0.1) is 11.1 Å². The highest BCUT2D eigenvalue weighted by molar-refractivity contribution is 6.31. The molecule has 40 heavy (non-hydrogen) atoms. The average Bonchev–Trinajstić information content (AvgIpc) is 3.37. The smallest absolute Gasteiger partial charge is 0.237 e. The number of amides is 2. The molecule has 0 saturated carbocycles. The van der Waals surface area contributed by atoms with Crippen LogP contribution < -0.4 is 16.0 Å². The Morgan fingerprint density at radius 1 is 1.07 bits per heavy atom. The van der Waals surface area contributed by atoms with Gasteiger partial charge in [0.15, 0.2) is 0 Å². The van der Waals surface area contributed by atoms with Gasteiger partial charge in [-0.2, -0.15) is 0 Å². The zero-order valence-corrected chi connectivity index (χ0v) is 24.6. The van der Waals surface area contributed by atoms with E-state index in [1.54, 1.807) is 6.07 Å². The van der Waals surface area contributed by atoms with Crippen molar-refractivity contribution < 1.29 is 14.0 Å². The van der Waals surface area contributed by atoms with Gasteiger partial charge in [0, 0.05) is 54.9 Å². The molecule has 4 aliphatic heterocycles. The molecule has 0 aliphatic carbocycles. The summed E-state index contributed by atoms with van der Waals surface area (Å²) in [7, 11) is 2.16. The summed E-state index contributed by atoms with van der Waals surface area (Å²) in [6.45, 7) is 8.77. The normalized spacial score (nSPS) is 33.9. The van der Waals surface area contributed by atoms with Crippen LogP contribution in [0.1, 0.15) is 43.7 Å². The van der Waals surface area contributed by atoms with Crippen LogP contribution in [0, 0.1) is 11.2 Å². The van der Waals surface area contributed by atoms with Gasteiger partial charge < -0.3 is 25.8 Å². The number of carbonyl (C=O) groups is 2. The van der Waals surface area contributed by atoms with Gasteiger partial charge >= 0.3 is 0 Å². The van der Waals surface area contributed by atoms with E-state index in [-0.39, 0.29) is 28.3 Å². The second kappa shape index (κ2) is 10.2. The van der Waals surface area contributed by atoms with E-state index in [4.69, 9.17) is 23.2 Å². The van der Waals surface area contributed by atoms with Crippen molar-refractivity contribution in [2.45, 2.75) is 56.1 Å². The molecule has 3 fully saturated rings. The summed E-state index contributed by atoms with van der Waals surface area (Å²) in [6, 6.07) is 9.23. The number of anilines is 1. The van der Waals surface area contributed by atoms with Crippen LogP contribution >= 0.6 is 23.2 Å². The molecule has 4 bridgehead atoms. The first-order chi connectivity index (χ1) is 19.0. The van der Waals surface area contributed by atoms with Crippen molar-refractivity contribution in [3.63, 3.8) is 0 Å². The Labute approximate surface area is 244 Å². The third-order valence-electron chi connectivity index (χ3n) is 9.69. The molecule has 7 nitrogen and oxygen atoms in total. The number of halogens is 3. The zero-order chi connectivity index (χ0) is 28.4. The Bertz CT molecular complexity index is 1360. The van der Waals surface area contributed by atoms with Crippen molar-refractivity contribution in [3.05, 3.63) is 63.4 Å². The lowest BCUT2D eigenvalue weighted by molar-refractivity contribution is -0.124. The lowest BCUT2D eigenvalue weighted by Gasteiger charge is -2.49. The minimum atomic E-state index is -1.26. The highest BCUT2D eigenvalue weighted by Crippen LogP contribution is 2.57. The monoisotopic (exact) mass is 587 g/mol. The van der Waals surface area contributed by atoms with Gasteiger partial charge in [-0.15, -0.1) is 0 Å². The molecule has 1 spiro atoms. The van der Waals surface area contributed by atoms with Crippen molar-refractivity contribution in [1.82, 2.24) is 20.4 Å². The van der Waals surface area contributed by atoms with Gasteiger partial charge in [-0.1, -0.05) is 49.2 Å². The van der Waals surface area contributed by atoms with Crippen LogP contribution in [-0.2, 0) is 15.0 Å². The number of hydrogen-bond donors (Lipinski definition) is 3. The SMILES string of the molecule is CN1CCN2CCCNC(=O)[C@@H]3N[C@H](CC(C)(C)C1C2)[C@]1(C(=O)Nc2cc(Cl)c(F)cc21)[C@H]3c1cccc(Cl)c1. The van der Waals surface area contributed by atoms with Crippen LogP contribution in [0.3, 0.4) is 0 Å². The van der Waals surface area contributed by atoms with Gasteiger partial charge in [0.1, 0.15) is 11.2 Å². The third-order valence-corrected chi connectivity index (χ3v) is 10.2. The molecule has 4 aliphatic rings. The van der Waals surface area contributed by atoms with E-state index in [9.17, 15) is 9.59 Å². The molecule has 3 N–H and O–H groups in total. The quantitative estimate of drug-likeness (QED) is 0.470. The molecule has 6 rings (SSSR count). The zero-order valence-electron chi connectivity index (χ0n) is 23.1. The Kier molecular flexibility index (Phi) is 7.15. The van der Waals surface area contributed by atoms with Crippen molar-refractivity contribution in [2.75, 3.05) is 45.1 Å². The highest BCUT2D eigenvalue weighted by atomic mass is 35.5. The number of nitrogens with zero attached hydrogens (tertiary/aromatic N) is 2. The highest BCUT2D eigenvalue weighted by Gasteiger charge is 2.66. The maximum Gasteiger partial charge on any atom is 0.237 e. The summed E-state index contributed by atoms with van der Waals surface area (Å²) in [5.74, 6) is -1.65. The molecule has 4 heterocycles. The van der Waals surface area contributed by atoms with Crippen molar-refractivity contribution in [1.29, 1.82) is 0 Å². The van der Waals surface area contributed by atoms with E-state index in [0.29, 0.717) is 29.2 Å². The average molecular weight is 589 g/mol. The fraction of sp³-hybridized carbons (Fsp3) is 0.533. The molecule has 2 aromatic carbocycles. The van der Waals surface area contributed by atoms with Crippen molar-refractivity contribution in [2.24, 2.45) is 5.41 Å². The maximum absolute atomic E-state index is 15.2. The van der Waals surface area contributed by atoms with E-state index in [1.165, 1.54) is 12.1 Å². The topological polar surface area (TPSA) is 76.7 Å². The summed E-state index contributed by atoms with van der Waals surface area (Å²) in [5.41, 5.74) is 0.258. The first kappa shape index (κ1) is 27.9. The number of benzene rings is 2. The van der Waals surface area contributed by atoms with Crippen LogP contribution in [0.5, 0.6) is 0 Å². The van der Waals surface area contributed by atoms with E-state index in [0.717, 1.165) is 38.2 Å².